The van der Waals surface area contributed by atoms with Crippen molar-refractivity contribution in [3.63, 3.8) is 0 Å². The third-order valence-electron chi connectivity index (χ3n) is 3.47. The van der Waals surface area contributed by atoms with E-state index in [9.17, 15) is 0 Å². The molecule has 0 bridgehead atoms. The molecule has 0 fully saturated rings. The molecule has 0 radical (unpaired) electrons. The van der Waals surface area contributed by atoms with Gasteiger partial charge in [-0.25, -0.2) is 0 Å². The minimum Gasteiger partial charge on any atom is -0.497 e. The van der Waals surface area contributed by atoms with Crippen molar-refractivity contribution >= 4 is 10.8 Å². The maximum absolute atomic E-state index is 5.43. The van der Waals surface area contributed by atoms with Gasteiger partial charge >= 0.3 is 0 Å². The van der Waals surface area contributed by atoms with E-state index >= 15 is 0 Å². The maximum atomic E-state index is 5.43. The second kappa shape index (κ2) is 5.25. The lowest BCUT2D eigenvalue weighted by molar-refractivity contribution is 0.415. The summed E-state index contributed by atoms with van der Waals surface area (Å²) in [4.78, 5) is 0. The molecule has 0 heterocycles. The van der Waals surface area contributed by atoms with Crippen molar-refractivity contribution in [1.82, 2.24) is 0 Å². The Morgan fingerprint density at radius 1 is 0.700 bits per heavy atom. The molecule has 0 N–H and O–H groups in total. The predicted molar refractivity (Wildman–Crippen MR) is 82.5 cm³/mol. The van der Waals surface area contributed by atoms with Crippen LogP contribution in [0.1, 0.15) is 0 Å². The van der Waals surface area contributed by atoms with Gasteiger partial charge in [-0.1, -0.05) is 36.4 Å². The zero-order chi connectivity index (χ0) is 13.9. The average molecular weight is 264 g/mol. The number of methoxy groups -OCH3 is 2. The largest absolute Gasteiger partial charge is 0.497 e. The molecular formula is C18H16O2. The molecule has 20 heavy (non-hydrogen) atoms. The first kappa shape index (κ1) is 12.5. The van der Waals surface area contributed by atoms with Crippen LogP contribution in [0.4, 0.5) is 0 Å². The lowest BCUT2D eigenvalue weighted by Gasteiger charge is -2.09. The van der Waals surface area contributed by atoms with E-state index in [0.717, 1.165) is 22.6 Å². The summed E-state index contributed by atoms with van der Waals surface area (Å²) in [5.41, 5.74) is 2.26. The number of para-hydroxylation sites is 1. The quantitative estimate of drug-likeness (QED) is 0.692. The van der Waals surface area contributed by atoms with Gasteiger partial charge in [-0.05, 0) is 40.6 Å². The molecule has 0 aliphatic rings. The van der Waals surface area contributed by atoms with Crippen LogP contribution in [0, 0.1) is 0 Å². The molecule has 0 unspecified atom stereocenters. The van der Waals surface area contributed by atoms with Crippen LogP contribution in [0.5, 0.6) is 11.5 Å². The highest BCUT2D eigenvalue weighted by molar-refractivity contribution is 5.89. The lowest BCUT2D eigenvalue weighted by Crippen LogP contribution is -1.87. The molecule has 2 heteroatoms. The number of benzene rings is 3. The molecule has 3 aromatic carbocycles. The summed E-state index contributed by atoms with van der Waals surface area (Å²) in [6.45, 7) is 0. The van der Waals surface area contributed by atoms with Crippen LogP contribution >= 0.6 is 0 Å². The highest BCUT2D eigenvalue weighted by atomic mass is 16.5. The molecule has 0 aromatic heterocycles. The molecular weight excluding hydrogens is 248 g/mol. The number of ether oxygens (including phenoxy) is 2. The molecule has 0 amide bonds. The Balaban J connectivity index is 2.13. The Labute approximate surface area is 118 Å². The third kappa shape index (κ3) is 2.21. The van der Waals surface area contributed by atoms with Gasteiger partial charge in [0, 0.05) is 5.56 Å². The van der Waals surface area contributed by atoms with Crippen LogP contribution in [0.3, 0.4) is 0 Å². The van der Waals surface area contributed by atoms with Gasteiger partial charge < -0.3 is 9.47 Å². The van der Waals surface area contributed by atoms with Gasteiger partial charge in [-0.15, -0.1) is 0 Å². The van der Waals surface area contributed by atoms with Gasteiger partial charge in [0.25, 0.3) is 0 Å². The first-order valence-corrected chi connectivity index (χ1v) is 6.53. The van der Waals surface area contributed by atoms with Gasteiger partial charge in [-0.3, -0.25) is 0 Å². The summed E-state index contributed by atoms with van der Waals surface area (Å²) >= 11 is 0. The van der Waals surface area contributed by atoms with Crippen LogP contribution in [0.25, 0.3) is 21.9 Å². The topological polar surface area (TPSA) is 18.5 Å². The third-order valence-corrected chi connectivity index (χ3v) is 3.47. The van der Waals surface area contributed by atoms with Crippen LogP contribution in [-0.4, -0.2) is 14.2 Å². The average Bonchev–Trinajstić information content (AvgIpc) is 2.53. The molecule has 100 valence electrons. The second-order valence-corrected chi connectivity index (χ2v) is 4.63. The van der Waals surface area contributed by atoms with Gasteiger partial charge in [-0.2, -0.15) is 0 Å². The van der Waals surface area contributed by atoms with E-state index in [2.05, 4.69) is 30.3 Å². The van der Waals surface area contributed by atoms with Crippen molar-refractivity contribution in [3.05, 3.63) is 60.7 Å². The van der Waals surface area contributed by atoms with E-state index in [1.54, 1.807) is 14.2 Å². The molecule has 3 aromatic rings. The van der Waals surface area contributed by atoms with Gasteiger partial charge in [0.15, 0.2) is 0 Å². The van der Waals surface area contributed by atoms with Crippen LogP contribution < -0.4 is 9.47 Å². The molecule has 0 aliphatic carbocycles. The van der Waals surface area contributed by atoms with Crippen molar-refractivity contribution in [1.29, 1.82) is 0 Å². The van der Waals surface area contributed by atoms with E-state index in [-0.39, 0.29) is 0 Å². The zero-order valence-corrected chi connectivity index (χ0v) is 11.6. The minimum atomic E-state index is 0.877. The first-order chi connectivity index (χ1) is 9.81. The summed E-state index contributed by atoms with van der Waals surface area (Å²) in [5, 5.41) is 2.36. The standard InChI is InChI=1S/C18H16O2/c1-19-16-10-9-13-11-15(8-7-14(13)12-16)17-5-3-4-6-18(17)20-2/h3-12H,1-2H3. The summed E-state index contributed by atoms with van der Waals surface area (Å²) in [5.74, 6) is 1.77. The van der Waals surface area contributed by atoms with Crippen molar-refractivity contribution in [3.8, 4) is 22.6 Å². The lowest BCUT2D eigenvalue weighted by atomic mass is 10.0. The van der Waals surface area contributed by atoms with Crippen molar-refractivity contribution < 1.29 is 9.47 Å². The molecule has 0 aliphatic heterocycles. The van der Waals surface area contributed by atoms with Gasteiger partial charge in [0.1, 0.15) is 11.5 Å². The summed E-state index contributed by atoms with van der Waals surface area (Å²) < 4.78 is 10.7. The highest BCUT2D eigenvalue weighted by Crippen LogP contribution is 2.32. The molecule has 0 saturated carbocycles. The smallest absolute Gasteiger partial charge is 0.126 e. The maximum Gasteiger partial charge on any atom is 0.126 e. The Morgan fingerprint density at radius 2 is 1.45 bits per heavy atom. The first-order valence-electron chi connectivity index (χ1n) is 6.53. The fraction of sp³-hybridized carbons (Fsp3) is 0.111. The Bertz CT molecular complexity index is 747. The van der Waals surface area contributed by atoms with E-state index in [0.29, 0.717) is 0 Å². The molecule has 0 atom stereocenters. The van der Waals surface area contributed by atoms with Crippen LogP contribution in [-0.2, 0) is 0 Å². The summed E-state index contributed by atoms with van der Waals surface area (Å²) in [7, 11) is 3.38. The Morgan fingerprint density at radius 3 is 2.25 bits per heavy atom. The predicted octanol–water partition coefficient (Wildman–Crippen LogP) is 4.52. The Kier molecular flexibility index (Phi) is 3.30. The number of hydrogen-bond acceptors (Lipinski definition) is 2. The zero-order valence-electron chi connectivity index (χ0n) is 11.6. The van der Waals surface area contributed by atoms with E-state index < -0.39 is 0 Å². The minimum absolute atomic E-state index is 0.877. The van der Waals surface area contributed by atoms with Crippen molar-refractivity contribution in [2.45, 2.75) is 0 Å². The summed E-state index contributed by atoms with van der Waals surface area (Å²) in [6.07, 6.45) is 0. The normalized spacial score (nSPS) is 10.5. The second-order valence-electron chi connectivity index (χ2n) is 4.63. The van der Waals surface area contributed by atoms with E-state index in [1.165, 1.54) is 10.8 Å². The summed E-state index contributed by atoms with van der Waals surface area (Å²) in [6, 6.07) is 20.6. The van der Waals surface area contributed by atoms with E-state index in [4.69, 9.17) is 9.47 Å². The fourth-order valence-electron chi connectivity index (χ4n) is 2.40. The Hall–Kier alpha value is -2.48. The molecule has 0 spiro atoms. The van der Waals surface area contributed by atoms with E-state index in [1.807, 2.05) is 30.3 Å². The van der Waals surface area contributed by atoms with Crippen LogP contribution in [0.15, 0.2) is 60.7 Å². The van der Waals surface area contributed by atoms with Gasteiger partial charge in [0.05, 0.1) is 14.2 Å². The fourth-order valence-corrected chi connectivity index (χ4v) is 2.40. The number of hydrogen-bond donors (Lipinski definition) is 0. The van der Waals surface area contributed by atoms with Crippen molar-refractivity contribution in [2.75, 3.05) is 14.2 Å². The molecule has 2 nitrogen and oxygen atoms in total. The molecule has 3 rings (SSSR count). The van der Waals surface area contributed by atoms with Crippen LogP contribution in [0.2, 0.25) is 0 Å². The SMILES string of the molecule is COc1ccc2cc(-c3ccccc3OC)ccc2c1. The molecule has 0 saturated heterocycles. The highest BCUT2D eigenvalue weighted by Gasteiger charge is 2.06. The van der Waals surface area contributed by atoms with Gasteiger partial charge in [0.2, 0.25) is 0 Å². The monoisotopic (exact) mass is 264 g/mol. The van der Waals surface area contributed by atoms with Crippen molar-refractivity contribution in [2.24, 2.45) is 0 Å². The number of rotatable bonds is 3. The number of fused-ring (bicyclic) bond motifs is 1.